The van der Waals surface area contributed by atoms with Gasteiger partial charge in [0.1, 0.15) is 13.2 Å². The van der Waals surface area contributed by atoms with E-state index in [0.29, 0.717) is 17.9 Å². The van der Waals surface area contributed by atoms with Crippen molar-refractivity contribution in [2.45, 2.75) is 39.3 Å². The molecule has 8 heteroatoms. The highest BCUT2D eigenvalue weighted by Crippen LogP contribution is 2.23. The largest absolute Gasteiger partial charge is 0.367 e. The first-order valence-electron chi connectivity index (χ1n) is 6.13. The van der Waals surface area contributed by atoms with Gasteiger partial charge >= 0.3 is 12.3 Å². The second-order valence-electron chi connectivity index (χ2n) is 4.25. The Morgan fingerprint density at radius 2 is 2.05 bits per heavy atom. The summed E-state index contributed by atoms with van der Waals surface area (Å²) in [6.45, 7) is 3.25. The van der Waals surface area contributed by atoms with E-state index in [0.717, 1.165) is 6.54 Å². The second kappa shape index (κ2) is 7.49. The molecule has 0 aliphatic heterocycles. The predicted octanol–water partition coefficient (Wildman–Crippen LogP) is 2.31. The molecule has 0 saturated carbocycles. The lowest BCUT2D eigenvalue weighted by atomic mass is 10.3. The number of hydrogen-bond donors (Lipinski definition) is 1. The Morgan fingerprint density at radius 3 is 2.65 bits per heavy atom. The summed E-state index contributed by atoms with van der Waals surface area (Å²) in [5.41, 5.74) is 1.35. The number of aryl methyl sites for hydroxylation is 1. The minimum absolute atomic E-state index is 0.197. The molecule has 0 unspecified atom stereocenters. The minimum Gasteiger partial charge on any atom is -0.367 e. The van der Waals surface area contributed by atoms with Crippen LogP contribution in [0.3, 0.4) is 0 Å². The smallest absolute Gasteiger partial charge is 0.330 e. The topological polar surface area (TPSA) is 47.0 Å². The summed E-state index contributed by atoms with van der Waals surface area (Å²) in [4.78, 5) is 8.11. The number of hydrogen-bond acceptors (Lipinski definition) is 4. The monoisotopic (exact) mass is 295 g/mol. The summed E-state index contributed by atoms with van der Waals surface area (Å²) in [6, 6.07) is 1.75. The van der Waals surface area contributed by atoms with E-state index in [4.69, 9.17) is 0 Å². The molecule has 1 aromatic heterocycles. The molecular formula is C12H17F4N3O. The first-order chi connectivity index (χ1) is 9.35. The molecule has 1 N–H and O–H groups in total. The van der Waals surface area contributed by atoms with Crippen molar-refractivity contribution < 1.29 is 22.3 Å². The van der Waals surface area contributed by atoms with E-state index in [1.54, 1.807) is 13.0 Å². The van der Waals surface area contributed by atoms with Gasteiger partial charge < -0.3 is 10.1 Å². The quantitative estimate of drug-likeness (QED) is 0.748. The SMILES string of the molecule is CCNCc1cc(C)nc(COCC(F)(F)C(F)F)n1. The van der Waals surface area contributed by atoms with Crippen LogP contribution in [-0.4, -0.2) is 35.5 Å². The van der Waals surface area contributed by atoms with Crippen LogP contribution >= 0.6 is 0 Å². The summed E-state index contributed by atoms with van der Waals surface area (Å²) in [5.74, 6) is -3.96. The molecule has 0 saturated heterocycles. The molecular weight excluding hydrogens is 278 g/mol. The fourth-order valence-electron chi connectivity index (χ4n) is 1.45. The van der Waals surface area contributed by atoms with Crippen molar-refractivity contribution >= 4 is 0 Å². The van der Waals surface area contributed by atoms with Gasteiger partial charge in [-0.2, -0.15) is 8.78 Å². The van der Waals surface area contributed by atoms with Gasteiger partial charge in [0, 0.05) is 12.2 Å². The number of halogens is 4. The second-order valence-corrected chi connectivity index (χ2v) is 4.25. The maximum atomic E-state index is 12.6. The number of nitrogens with zero attached hydrogens (tertiary/aromatic N) is 2. The van der Waals surface area contributed by atoms with E-state index < -0.39 is 19.0 Å². The van der Waals surface area contributed by atoms with Crippen LogP contribution in [0.1, 0.15) is 24.1 Å². The van der Waals surface area contributed by atoms with Gasteiger partial charge in [0.15, 0.2) is 5.82 Å². The van der Waals surface area contributed by atoms with Gasteiger partial charge in [-0.05, 0) is 19.5 Å². The van der Waals surface area contributed by atoms with E-state index in [2.05, 4.69) is 20.0 Å². The predicted molar refractivity (Wildman–Crippen MR) is 64.8 cm³/mol. The molecule has 4 nitrogen and oxygen atoms in total. The number of ether oxygens (including phenoxy) is 1. The van der Waals surface area contributed by atoms with Crippen LogP contribution in [0.15, 0.2) is 6.07 Å². The summed E-state index contributed by atoms with van der Waals surface area (Å²) >= 11 is 0. The molecule has 114 valence electrons. The van der Waals surface area contributed by atoms with Crippen molar-refractivity contribution in [2.75, 3.05) is 13.2 Å². The Morgan fingerprint density at radius 1 is 1.35 bits per heavy atom. The molecule has 0 atom stereocenters. The first-order valence-corrected chi connectivity index (χ1v) is 6.13. The van der Waals surface area contributed by atoms with Crippen LogP contribution in [0.4, 0.5) is 17.6 Å². The lowest BCUT2D eigenvalue weighted by Crippen LogP contribution is -2.32. The van der Waals surface area contributed by atoms with E-state index in [1.165, 1.54) is 0 Å². The van der Waals surface area contributed by atoms with Gasteiger partial charge in [0.25, 0.3) is 0 Å². The normalized spacial score (nSPS) is 12.2. The zero-order chi connectivity index (χ0) is 15.2. The van der Waals surface area contributed by atoms with Crippen molar-refractivity contribution in [3.63, 3.8) is 0 Å². The fraction of sp³-hybridized carbons (Fsp3) is 0.667. The van der Waals surface area contributed by atoms with E-state index in [1.807, 2.05) is 6.92 Å². The molecule has 0 fully saturated rings. The lowest BCUT2D eigenvalue weighted by molar-refractivity contribution is -0.168. The highest BCUT2D eigenvalue weighted by Gasteiger charge is 2.40. The van der Waals surface area contributed by atoms with Crippen LogP contribution in [0, 0.1) is 6.92 Å². The highest BCUT2D eigenvalue weighted by atomic mass is 19.3. The average molecular weight is 295 g/mol. The molecule has 0 bridgehead atoms. The summed E-state index contributed by atoms with van der Waals surface area (Å²) in [7, 11) is 0. The molecule has 20 heavy (non-hydrogen) atoms. The molecule has 0 spiro atoms. The van der Waals surface area contributed by atoms with Crippen LogP contribution in [0.2, 0.25) is 0 Å². The molecule has 0 aromatic carbocycles. The van der Waals surface area contributed by atoms with Crippen molar-refractivity contribution in [1.29, 1.82) is 0 Å². The van der Waals surface area contributed by atoms with Crippen LogP contribution in [0.5, 0.6) is 0 Å². The van der Waals surface area contributed by atoms with Crippen LogP contribution in [-0.2, 0) is 17.9 Å². The lowest BCUT2D eigenvalue weighted by Gasteiger charge is -2.15. The number of aromatic nitrogens is 2. The Bertz CT molecular complexity index is 429. The molecule has 0 radical (unpaired) electrons. The van der Waals surface area contributed by atoms with E-state index in [-0.39, 0.29) is 12.4 Å². The third kappa shape index (κ3) is 5.38. The average Bonchev–Trinajstić information content (AvgIpc) is 2.35. The summed E-state index contributed by atoms with van der Waals surface area (Å²) < 4.78 is 53.8. The molecule has 1 aromatic rings. The fourth-order valence-corrected chi connectivity index (χ4v) is 1.45. The van der Waals surface area contributed by atoms with Gasteiger partial charge in [-0.1, -0.05) is 6.92 Å². The first kappa shape index (κ1) is 16.8. The van der Waals surface area contributed by atoms with Gasteiger partial charge in [-0.15, -0.1) is 0 Å². The Hall–Kier alpha value is -1.28. The van der Waals surface area contributed by atoms with Crippen molar-refractivity contribution in [3.05, 3.63) is 23.3 Å². The van der Waals surface area contributed by atoms with Crippen molar-refractivity contribution in [3.8, 4) is 0 Å². The zero-order valence-electron chi connectivity index (χ0n) is 11.3. The Labute approximate surface area is 114 Å². The minimum atomic E-state index is -4.16. The standard InChI is InChI=1S/C12H17F4N3O/c1-3-17-5-9-4-8(2)18-10(19-9)6-20-7-12(15,16)11(13)14/h4,11,17H,3,5-7H2,1-2H3. The third-order valence-electron chi connectivity index (χ3n) is 2.35. The Kier molecular flexibility index (Phi) is 6.28. The maximum Gasteiger partial charge on any atom is 0.330 e. The van der Waals surface area contributed by atoms with Gasteiger partial charge in [-0.3, -0.25) is 0 Å². The summed E-state index contributed by atoms with van der Waals surface area (Å²) in [6.07, 6.45) is -3.75. The Balaban J connectivity index is 2.57. The molecule has 1 rings (SSSR count). The summed E-state index contributed by atoms with van der Waals surface area (Å²) in [5, 5.41) is 3.06. The zero-order valence-corrected chi connectivity index (χ0v) is 11.3. The van der Waals surface area contributed by atoms with Crippen LogP contribution in [0.25, 0.3) is 0 Å². The molecule has 0 aliphatic rings. The maximum absolute atomic E-state index is 12.6. The van der Waals surface area contributed by atoms with Gasteiger partial charge in [0.05, 0.1) is 5.69 Å². The highest BCUT2D eigenvalue weighted by molar-refractivity contribution is 5.09. The number of rotatable bonds is 8. The van der Waals surface area contributed by atoms with Crippen molar-refractivity contribution in [2.24, 2.45) is 0 Å². The molecule has 1 heterocycles. The van der Waals surface area contributed by atoms with Gasteiger partial charge in [0.2, 0.25) is 0 Å². The van der Waals surface area contributed by atoms with Crippen LogP contribution < -0.4 is 5.32 Å². The molecule has 0 amide bonds. The number of nitrogens with one attached hydrogen (secondary N) is 1. The van der Waals surface area contributed by atoms with Crippen molar-refractivity contribution in [1.82, 2.24) is 15.3 Å². The van der Waals surface area contributed by atoms with E-state index in [9.17, 15) is 17.6 Å². The van der Waals surface area contributed by atoms with Gasteiger partial charge in [-0.25, -0.2) is 18.7 Å². The third-order valence-corrected chi connectivity index (χ3v) is 2.35. The van der Waals surface area contributed by atoms with E-state index >= 15 is 0 Å². The number of alkyl halides is 4. The molecule has 0 aliphatic carbocycles.